The van der Waals surface area contributed by atoms with Crippen molar-refractivity contribution in [1.29, 1.82) is 0 Å². The minimum absolute atomic E-state index is 0.176. The first-order chi connectivity index (χ1) is 30.4. The number of aryl methyl sites for hydroxylation is 2. The van der Waals surface area contributed by atoms with Gasteiger partial charge in [-0.05, 0) is 109 Å². The Bertz CT molecular complexity index is 2520. The molecule has 0 aliphatic carbocycles. The van der Waals surface area contributed by atoms with Gasteiger partial charge in [-0.3, -0.25) is 24.8 Å². The average molecular weight is 937 g/mol. The van der Waals surface area contributed by atoms with Gasteiger partial charge in [-0.15, -0.1) is 0 Å². The van der Waals surface area contributed by atoms with Crippen LogP contribution in [0, 0.1) is 0 Å². The summed E-state index contributed by atoms with van der Waals surface area (Å²) in [7, 11) is -1.03. The van der Waals surface area contributed by atoms with Crippen LogP contribution in [0.2, 0.25) is 0 Å². The first-order valence-electron chi connectivity index (χ1n) is 22.3. The molecule has 15 heteroatoms. The second kappa shape index (κ2) is 19.5. The maximum Gasteiger partial charge on any atom is 0.234 e. The van der Waals surface area contributed by atoms with Crippen molar-refractivity contribution >= 4 is 79.9 Å². The van der Waals surface area contributed by atoms with Crippen LogP contribution in [0.25, 0.3) is 10.9 Å². The predicted molar refractivity (Wildman–Crippen MR) is 257 cm³/mol. The van der Waals surface area contributed by atoms with Gasteiger partial charge >= 0.3 is 0 Å². The predicted octanol–water partition coefficient (Wildman–Crippen LogP) is 8.01. The second-order valence-electron chi connectivity index (χ2n) is 17.3. The van der Waals surface area contributed by atoms with Gasteiger partial charge in [0.15, 0.2) is 0 Å². The molecule has 3 aliphatic rings. The van der Waals surface area contributed by atoms with Crippen LogP contribution < -0.4 is 30.9 Å². The van der Waals surface area contributed by atoms with Crippen LogP contribution in [0.4, 0.5) is 28.8 Å². The molecule has 63 heavy (non-hydrogen) atoms. The molecule has 13 nitrogen and oxygen atoms in total. The molecule has 3 aromatic carbocycles. The summed E-state index contributed by atoms with van der Waals surface area (Å²) in [6.07, 6.45) is 7.60. The van der Waals surface area contributed by atoms with Crippen LogP contribution in [0.5, 0.6) is 5.75 Å². The molecule has 3 aliphatic heterocycles. The second-order valence-corrected chi connectivity index (χ2v) is 21.3. The number of carbonyl (C=O) groups is 2. The zero-order valence-electron chi connectivity index (χ0n) is 37.0. The Balaban J connectivity index is 0.868. The molecule has 0 radical (unpaired) electrons. The highest BCUT2D eigenvalue weighted by Gasteiger charge is 2.30. The number of fused-ring (bicyclic) bond motifs is 1. The Labute approximate surface area is 379 Å². The van der Waals surface area contributed by atoms with E-state index in [-0.39, 0.29) is 17.7 Å². The third-order valence-electron chi connectivity index (χ3n) is 12.9. The number of piperazine rings is 1. The number of aromatic nitrogens is 3. The van der Waals surface area contributed by atoms with Crippen LogP contribution in [0.1, 0.15) is 67.8 Å². The van der Waals surface area contributed by atoms with E-state index in [2.05, 4.69) is 102 Å². The molecular formula is C48H59BrN9O4P. The van der Waals surface area contributed by atoms with E-state index in [0.29, 0.717) is 35.1 Å². The summed E-state index contributed by atoms with van der Waals surface area (Å²) < 4.78 is 20.4. The number of pyridine rings is 1. The van der Waals surface area contributed by atoms with Crippen molar-refractivity contribution in [2.45, 2.75) is 70.8 Å². The lowest BCUT2D eigenvalue weighted by Gasteiger charge is -2.43. The number of halogens is 1. The van der Waals surface area contributed by atoms with Crippen LogP contribution >= 0.6 is 23.1 Å². The van der Waals surface area contributed by atoms with Crippen molar-refractivity contribution in [2.75, 3.05) is 81.8 Å². The van der Waals surface area contributed by atoms with Gasteiger partial charge in [0.05, 0.1) is 34.4 Å². The van der Waals surface area contributed by atoms with E-state index < -0.39 is 7.14 Å². The van der Waals surface area contributed by atoms with Gasteiger partial charge in [-0.25, -0.2) is 4.98 Å². The number of nitrogens with zero attached hydrogens (tertiary/aromatic N) is 6. The molecule has 1 atom stereocenters. The number of ether oxygens (including phenoxy) is 1. The van der Waals surface area contributed by atoms with Gasteiger partial charge < -0.3 is 29.7 Å². The van der Waals surface area contributed by atoms with Gasteiger partial charge in [-0.2, -0.15) is 4.98 Å². The first-order valence-corrected chi connectivity index (χ1v) is 25.7. The Hall–Kier alpha value is -4.88. The SMILES string of the molecule is CCc1ccc2c(P(C)(C)=O)c(Nc3nc(Nc4cc(CC)c(N5CCC(N6CCN(CCc7ccc([C@H]8CCC(=O)NC8=O)cc7)CC6)CC5)cc4OC)ncc3Br)ccc2n1. The van der Waals surface area contributed by atoms with Crippen LogP contribution in [0.3, 0.4) is 0 Å². The Morgan fingerprint density at radius 1 is 0.873 bits per heavy atom. The molecule has 3 fully saturated rings. The molecule has 0 bridgehead atoms. The highest BCUT2D eigenvalue weighted by Crippen LogP contribution is 2.42. The molecule has 3 N–H and O–H groups in total. The quantitative estimate of drug-likeness (QED) is 0.0733. The third kappa shape index (κ3) is 10.2. The van der Waals surface area contributed by atoms with Crippen molar-refractivity contribution in [1.82, 2.24) is 30.1 Å². The van der Waals surface area contributed by atoms with Crippen LogP contribution in [0.15, 0.2) is 71.3 Å². The lowest BCUT2D eigenvalue weighted by Crippen LogP contribution is -2.53. The Morgan fingerprint density at radius 3 is 2.32 bits per heavy atom. The van der Waals surface area contributed by atoms with Crippen molar-refractivity contribution < 1.29 is 18.9 Å². The number of hydrogen-bond acceptors (Lipinski definition) is 12. The Morgan fingerprint density at radius 2 is 1.63 bits per heavy atom. The third-order valence-corrected chi connectivity index (χ3v) is 15.0. The lowest BCUT2D eigenvalue weighted by atomic mass is 9.90. The topological polar surface area (TPSA) is 145 Å². The molecule has 3 saturated heterocycles. The van der Waals surface area contributed by atoms with Gasteiger partial charge in [0.1, 0.15) is 18.7 Å². The number of amides is 2. The number of carbonyl (C=O) groups excluding carboxylic acids is 2. The molecule has 0 spiro atoms. The normalized spacial score (nSPS) is 18.1. The van der Waals surface area contributed by atoms with E-state index in [9.17, 15) is 14.2 Å². The molecule has 5 heterocycles. The number of imide groups is 1. The summed E-state index contributed by atoms with van der Waals surface area (Å²) in [5.41, 5.74) is 8.03. The van der Waals surface area contributed by atoms with E-state index in [0.717, 1.165) is 123 Å². The smallest absolute Gasteiger partial charge is 0.234 e. The van der Waals surface area contributed by atoms with Crippen molar-refractivity contribution in [3.05, 3.63) is 93.7 Å². The van der Waals surface area contributed by atoms with Crippen molar-refractivity contribution in [2.24, 2.45) is 0 Å². The number of anilines is 5. The van der Waals surface area contributed by atoms with Gasteiger partial charge in [0.25, 0.3) is 0 Å². The van der Waals surface area contributed by atoms with E-state index in [4.69, 9.17) is 14.7 Å². The van der Waals surface area contributed by atoms with Crippen LogP contribution in [-0.2, 0) is 33.4 Å². The van der Waals surface area contributed by atoms with Gasteiger partial charge in [0, 0.05) is 92.6 Å². The molecule has 8 rings (SSSR count). The minimum atomic E-state index is -2.73. The number of piperidine rings is 2. The molecule has 0 saturated carbocycles. The van der Waals surface area contributed by atoms with E-state index in [1.165, 1.54) is 16.8 Å². The monoisotopic (exact) mass is 935 g/mol. The van der Waals surface area contributed by atoms with Crippen molar-refractivity contribution in [3.63, 3.8) is 0 Å². The molecule has 0 unspecified atom stereocenters. The van der Waals surface area contributed by atoms with E-state index in [1.54, 1.807) is 26.6 Å². The number of methoxy groups -OCH3 is 1. The van der Waals surface area contributed by atoms with E-state index >= 15 is 0 Å². The van der Waals surface area contributed by atoms with Crippen LogP contribution in [-0.4, -0.2) is 109 Å². The average Bonchev–Trinajstić information content (AvgIpc) is 3.29. The van der Waals surface area contributed by atoms with Gasteiger partial charge in [-0.1, -0.05) is 44.2 Å². The maximum atomic E-state index is 13.7. The maximum absolute atomic E-state index is 13.7. The summed E-state index contributed by atoms with van der Waals surface area (Å²) in [6, 6.07) is 21.2. The summed E-state index contributed by atoms with van der Waals surface area (Å²) >= 11 is 3.63. The summed E-state index contributed by atoms with van der Waals surface area (Å²) in [6.45, 7) is 15.2. The lowest BCUT2D eigenvalue weighted by molar-refractivity contribution is -0.134. The fourth-order valence-electron chi connectivity index (χ4n) is 9.37. The molecule has 2 aromatic heterocycles. The molecule has 5 aromatic rings. The molecular weight excluding hydrogens is 877 g/mol. The Kier molecular flexibility index (Phi) is 13.8. The van der Waals surface area contributed by atoms with Crippen molar-refractivity contribution in [3.8, 4) is 5.75 Å². The summed E-state index contributed by atoms with van der Waals surface area (Å²) in [5, 5.41) is 11.0. The zero-order valence-corrected chi connectivity index (χ0v) is 39.5. The standard InChI is InChI=1S/C48H59BrN9O4P/c1-6-32-28-41(53-48-50-30-38(49)46(55-48)52-40-16-15-39-37(45(40)63(4,5)61)13-12-34(7-2)51-39)43(62-3)29-42(32)58-22-19-35(20-23-58)57-26-24-56(25-27-57)21-18-31-8-10-33(11-9-31)36-14-17-44(59)54-47(36)60/h8-13,15-16,28-30,35-36H,6-7,14,17-27H2,1-5H3,(H,54,59,60)(H2,50,52,53,55)/t36-/m1/s1. The highest BCUT2D eigenvalue weighted by molar-refractivity contribution is 9.10. The number of nitrogens with one attached hydrogen (secondary N) is 3. The number of hydrogen-bond donors (Lipinski definition) is 3. The largest absolute Gasteiger partial charge is 0.494 e. The molecule has 332 valence electrons. The highest BCUT2D eigenvalue weighted by atomic mass is 79.9. The first kappa shape index (κ1) is 44.7. The number of benzene rings is 3. The number of rotatable bonds is 14. The summed E-state index contributed by atoms with van der Waals surface area (Å²) in [4.78, 5) is 45.9. The zero-order chi connectivity index (χ0) is 44.3. The minimum Gasteiger partial charge on any atom is -0.494 e. The summed E-state index contributed by atoms with van der Waals surface area (Å²) in [5.74, 6) is 1.08. The van der Waals surface area contributed by atoms with E-state index in [1.807, 2.05) is 24.3 Å². The van der Waals surface area contributed by atoms with Gasteiger partial charge in [0.2, 0.25) is 17.8 Å². The fourth-order valence-corrected chi connectivity index (χ4v) is 11.1. The molecule has 2 amide bonds. The fraction of sp³-hybridized carbons (Fsp3) is 0.438.